The second-order valence-corrected chi connectivity index (χ2v) is 4.42. The Balaban J connectivity index is 2.35. The minimum Gasteiger partial charge on any atom is -0.490 e. The first-order chi connectivity index (χ1) is 10.3. The Morgan fingerprint density at radius 1 is 1.10 bits per heavy atom. The molecule has 1 atom stereocenters. The molecule has 0 amide bonds. The van der Waals surface area contributed by atoms with Gasteiger partial charge in [-0.15, -0.1) is 0 Å². The van der Waals surface area contributed by atoms with Crippen molar-refractivity contribution >= 4 is 0 Å². The third-order valence-electron chi connectivity index (χ3n) is 3.07. The fraction of sp³-hybridized carbons (Fsp3) is 0.375. The molecule has 1 aromatic heterocycles. The number of aromatic nitrogens is 2. The lowest BCUT2D eigenvalue weighted by Crippen LogP contribution is -2.19. The smallest absolute Gasteiger partial charge is 0.161 e. The molecule has 0 saturated carbocycles. The van der Waals surface area contributed by atoms with Crippen molar-refractivity contribution in [2.75, 3.05) is 20.3 Å². The van der Waals surface area contributed by atoms with Crippen LogP contribution in [0.1, 0.15) is 31.1 Å². The van der Waals surface area contributed by atoms with Crippen LogP contribution in [-0.2, 0) is 0 Å². The van der Waals surface area contributed by atoms with Gasteiger partial charge in [-0.1, -0.05) is 6.07 Å². The molecule has 1 heterocycles. The van der Waals surface area contributed by atoms with Crippen molar-refractivity contribution in [1.82, 2.24) is 15.3 Å². The molecule has 0 spiro atoms. The molecule has 0 aliphatic heterocycles. The Labute approximate surface area is 125 Å². The molecule has 1 aromatic carbocycles. The van der Waals surface area contributed by atoms with Crippen LogP contribution in [0, 0.1) is 0 Å². The van der Waals surface area contributed by atoms with Crippen molar-refractivity contribution in [2.45, 2.75) is 19.9 Å². The third kappa shape index (κ3) is 3.70. The fourth-order valence-corrected chi connectivity index (χ4v) is 2.19. The van der Waals surface area contributed by atoms with Crippen LogP contribution >= 0.6 is 0 Å². The van der Waals surface area contributed by atoms with E-state index in [9.17, 15) is 0 Å². The number of hydrogen-bond acceptors (Lipinski definition) is 5. The first-order valence-corrected chi connectivity index (χ1v) is 7.12. The Bertz CT molecular complexity index is 561. The topological polar surface area (TPSA) is 56.3 Å². The minimum absolute atomic E-state index is 0.0337. The summed E-state index contributed by atoms with van der Waals surface area (Å²) in [6.45, 7) is 5.12. The zero-order chi connectivity index (χ0) is 15.1. The Kier molecular flexibility index (Phi) is 5.51. The fourth-order valence-electron chi connectivity index (χ4n) is 2.19. The summed E-state index contributed by atoms with van der Waals surface area (Å²) in [4.78, 5) is 8.49. The van der Waals surface area contributed by atoms with Crippen LogP contribution in [-0.4, -0.2) is 30.2 Å². The molecular weight excluding hydrogens is 266 g/mol. The highest BCUT2D eigenvalue weighted by Gasteiger charge is 2.16. The van der Waals surface area contributed by atoms with Crippen LogP contribution in [0.15, 0.2) is 36.8 Å². The van der Waals surface area contributed by atoms with Gasteiger partial charge >= 0.3 is 0 Å². The summed E-state index contributed by atoms with van der Waals surface area (Å²) >= 11 is 0. The highest BCUT2D eigenvalue weighted by Crippen LogP contribution is 2.32. The summed E-state index contributed by atoms with van der Waals surface area (Å²) in [5.41, 5.74) is 1.93. The second-order valence-electron chi connectivity index (χ2n) is 4.42. The zero-order valence-electron chi connectivity index (χ0n) is 12.7. The third-order valence-corrected chi connectivity index (χ3v) is 3.07. The summed E-state index contributed by atoms with van der Waals surface area (Å²) < 4.78 is 11.3. The average Bonchev–Trinajstić information content (AvgIpc) is 2.52. The van der Waals surface area contributed by atoms with Gasteiger partial charge in [-0.2, -0.15) is 0 Å². The van der Waals surface area contributed by atoms with Crippen LogP contribution in [0.5, 0.6) is 11.5 Å². The molecule has 2 rings (SSSR count). The summed E-state index contributed by atoms with van der Waals surface area (Å²) in [5.74, 6) is 1.51. The number of nitrogens with one attached hydrogen (secondary N) is 1. The summed E-state index contributed by atoms with van der Waals surface area (Å²) in [7, 11) is 1.90. The van der Waals surface area contributed by atoms with E-state index in [1.807, 2.05) is 39.1 Å². The lowest BCUT2D eigenvalue weighted by Gasteiger charge is -2.18. The van der Waals surface area contributed by atoms with Gasteiger partial charge in [0.05, 0.1) is 31.1 Å². The van der Waals surface area contributed by atoms with Crippen LogP contribution in [0.25, 0.3) is 0 Å². The van der Waals surface area contributed by atoms with Crippen LogP contribution in [0.4, 0.5) is 0 Å². The predicted molar refractivity (Wildman–Crippen MR) is 81.7 cm³/mol. The molecular formula is C16H21N3O2. The van der Waals surface area contributed by atoms with Gasteiger partial charge < -0.3 is 14.8 Å². The molecule has 21 heavy (non-hydrogen) atoms. The highest BCUT2D eigenvalue weighted by atomic mass is 16.5. The molecule has 0 saturated heterocycles. The van der Waals surface area contributed by atoms with E-state index >= 15 is 0 Å². The van der Waals surface area contributed by atoms with Gasteiger partial charge in [0, 0.05) is 12.4 Å². The molecule has 0 aliphatic carbocycles. The molecule has 5 heteroatoms. The highest BCUT2D eigenvalue weighted by molar-refractivity contribution is 5.45. The van der Waals surface area contributed by atoms with Crippen molar-refractivity contribution in [3.8, 4) is 11.5 Å². The van der Waals surface area contributed by atoms with E-state index in [1.54, 1.807) is 18.6 Å². The largest absolute Gasteiger partial charge is 0.490 e. The normalized spacial score (nSPS) is 12.0. The quantitative estimate of drug-likeness (QED) is 0.848. The minimum atomic E-state index is -0.0337. The zero-order valence-corrected chi connectivity index (χ0v) is 12.7. The lowest BCUT2D eigenvalue weighted by molar-refractivity contribution is 0.287. The standard InChI is InChI=1S/C16H21N3O2/c1-4-20-14-7-6-12(10-15(14)21-5-2)16(17-3)13-11-18-8-9-19-13/h6-11,16-17H,4-5H2,1-3H3. The van der Waals surface area contributed by atoms with E-state index in [0.717, 1.165) is 22.8 Å². The molecule has 1 N–H and O–H groups in total. The first-order valence-electron chi connectivity index (χ1n) is 7.12. The first kappa shape index (κ1) is 15.3. The number of rotatable bonds is 7. The number of benzene rings is 1. The molecule has 112 valence electrons. The maximum absolute atomic E-state index is 5.67. The van der Waals surface area contributed by atoms with Gasteiger partial charge in [0.2, 0.25) is 0 Å². The van der Waals surface area contributed by atoms with Gasteiger partial charge in [-0.3, -0.25) is 9.97 Å². The van der Waals surface area contributed by atoms with Crippen LogP contribution < -0.4 is 14.8 Å². The second kappa shape index (κ2) is 7.59. The monoisotopic (exact) mass is 287 g/mol. The van der Waals surface area contributed by atoms with Crippen molar-refractivity contribution < 1.29 is 9.47 Å². The van der Waals surface area contributed by atoms with E-state index in [4.69, 9.17) is 9.47 Å². The van der Waals surface area contributed by atoms with Gasteiger partial charge in [-0.25, -0.2) is 0 Å². The maximum atomic E-state index is 5.67. The Morgan fingerprint density at radius 2 is 1.86 bits per heavy atom. The van der Waals surface area contributed by atoms with Crippen molar-refractivity contribution in [2.24, 2.45) is 0 Å². The number of ether oxygens (including phenoxy) is 2. The Morgan fingerprint density at radius 3 is 2.48 bits per heavy atom. The van der Waals surface area contributed by atoms with Crippen LogP contribution in [0.2, 0.25) is 0 Å². The van der Waals surface area contributed by atoms with Gasteiger partial charge in [0.15, 0.2) is 11.5 Å². The predicted octanol–water partition coefficient (Wildman–Crippen LogP) is 2.58. The molecule has 0 radical (unpaired) electrons. The van der Waals surface area contributed by atoms with Crippen molar-refractivity contribution in [1.29, 1.82) is 0 Å². The number of hydrogen-bond donors (Lipinski definition) is 1. The molecule has 1 unspecified atom stereocenters. The van der Waals surface area contributed by atoms with Crippen molar-refractivity contribution in [3.63, 3.8) is 0 Å². The molecule has 0 bridgehead atoms. The molecule has 2 aromatic rings. The SMILES string of the molecule is CCOc1ccc(C(NC)c2cnccn2)cc1OCC. The molecule has 5 nitrogen and oxygen atoms in total. The summed E-state index contributed by atoms with van der Waals surface area (Å²) in [5, 5.41) is 3.26. The lowest BCUT2D eigenvalue weighted by atomic mass is 10.0. The molecule has 0 fully saturated rings. The van der Waals surface area contributed by atoms with E-state index in [-0.39, 0.29) is 6.04 Å². The van der Waals surface area contributed by atoms with E-state index < -0.39 is 0 Å². The van der Waals surface area contributed by atoms with Gasteiger partial charge in [-0.05, 0) is 38.6 Å². The summed E-state index contributed by atoms with van der Waals surface area (Å²) in [6.07, 6.45) is 5.12. The molecule has 0 aliphatic rings. The number of nitrogens with zero attached hydrogens (tertiary/aromatic N) is 2. The van der Waals surface area contributed by atoms with E-state index in [0.29, 0.717) is 13.2 Å². The maximum Gasteiger partial charge on any atom is 0.161 e. The van der Waals surface area contributed by atoms with Gasteiger partial charge in [0.1, 0.15) is 0 Å². The Hall–Kier alpha value is -2.14. The van der Waals surface area contributed by atoms with Crippen molar-refractivity contribution in [3.05, 3.63) is 48.0 Å². The van der Waals surface area contributed by atoms with E-state index in [1.165, 1.54) is 0 Å². The van der Waals surface area contributed by atoms with E-state index in [2.05, 4.69) is 15.3 Å². The van der Waals surface area contributed by atoms with Gasteiger partial charge in [0.25, 0.3) is 0 Å². The van der Waals surface area contributed by atoms with Crippen LogP contribution in [0.3, 0.4) is 0 Å². The summed E-state index contributed by atoms with van der Waals surface area (Å²) in [6, 6.07) is 5.91. The average molecular weight is 287 g/mol.